The zero-order valence-corrected chi connectivity index (χ0v) is 12.9. The van der Waals surface area contributed by atoms with E-state index in [4.69, 9.17) is 5.73 Å². The summed E-state index contributed by atoms with van der Waals surface area (Å²) in [5.74, 6) is -0.0524. The van der Waals surface area contributed by atoms with Crippen molar-refractivity contribution in [2.24, 2.45) is 5.73 Å². The lowest BCUT2D eigenvalue weighted by Gasteiger charge is -2.15. The van der Waals surface area contributed by atoms with Gasteiger partial charge in [-0.3, -0.25) is 4.79 Å². The summed E-state index contributed by atoms with van der Waals surface area (Å²) >= 11 is 1.49. The number of aromatic nitrogens is 1. The van der Waals surface area contributed by atoms with E-state index in [1.165, 1.54) is 11.3 Å². The van der Waals surface area contributed by atoms with E-state index < -0.39 is 0 Å². The quantitative estimate of drug-likeness (QED) is 0.922. The lowest BCUT2D eigenvalue weighted by Crippen LogP contribution is -2.26. The maximum absolute atomic E-state index is 12.2. The van der Waals surface area contributed by atoms with Crippen molar-refractivity contribution in [3.8, 4) is 0 Å². The van der Waals surface area contributed by atoms with Gasteiger partial charge in [0.05, 0.1) is 5.01 Å². The molecule has 1 heterocycles. The van der Waals surface area contributed by atoms with Gasteiger partial charge in [0.2, 0.25) is 0 Å². The molecule has 1 amide bonds. The molecule has 0 saturated heterocycles. The van der Waals surface area contributed by atoms with Crippen molar-refractivity contribution in [3.05, 3.63) is 52.0 Å². The van der Waals surface area contributed by atoms with Crippen LogP contribution in [0.2, 0.25) is 0 Å². The zero-order valence-electron chi connectivity index (χ0n) is 11.3. The minimum atomic E-state index is -0.0524. The maximum atomic E-state index is 12.2. The van der Waals surface area contributed by atoms with Crippen LogP contribution in [0.3, 0.4) is 0 Å². The van der Waals surface area contributed by atoms with Gasteiger partial charge in [0, 0.05) is 25.4 Å². The number of carbonyl (C=O) groups excluding carboxylic acids is 1. The van der Waals surface area contributed by atoms with Gasteiger partial charge in [-0.15, -0.1) is 23.7 Å². The molecule has 0 radical (unpaired) electrons. The molecule has 0 unspecified atom stereocenters. The van der Waals surface area contributed by atoms with E-state index in [-0.39, 0.29) is 18.3 Å². The van der Waals surface area contributed by atoms with E-state index >= 15 is 0 Å². The lowest BCUT2D eigenvalue weighted by molar-refractivity contribution is 0.0780. The van der Waals surface area contributed by atoms with Crippen LogP contribution in [0.15, 0.2) is 35.7 Å². The summed E-state index contributed by atoms with van der Waals surface area (Å²) in [5, 5.41) is 2.72. The smallest absolute Gasteiger partial charge is 0.273 e. The molecular formula is C14H18ClN3OS. The second-order valence-electron chi connectivity index (χ2n) is 4.31. The van der Waals surface area contributed by atoms with Gasteiger partial charge < -0.3 is 10.6 Å². The Bertz CT molecular complexity index is 544. The molecule has 0 aliphatic rings. The molecule has 6 heteroatoms. The number of rotatable bonds is 5. The molecule has 0 fully saturated rings. The molecule has 0 aliphatic carbocycles. The first-order chi connectivity index (χ1) is 9.20. The summed E-state index contributed by atoms with van der Waals surface area (Å²) < 4.78 is 0. The first-order valence-electron chi connectivity index (χ1n) is 6.14. The highest BCUT2D eigenvalue weighted by Gasteiger charge is 2.15. The Morgan fingerprint density at radius 1 is 1.35 bits per heavy atom. The standard InChI is InChI=1S/C14H17N3OS.ClH/c1-17(9-11-5-3-2-4-6-11)14(18)12-10-19-13(16-12)7-8-15;/h2-6,10H,7-9,15H2,1H3;1H. The van der Waals surface area contributed by atoms with Crippen LogP contribution >= 0.6 is 23.7 Å². The van der Waals surface area contributed by atoms with E-state index in [1.807, 2.05) is 30.3 Å². The van der Waals surface area contributed by atoms with Crippen molar-refractivity contribution >= 4 is 29.7 Å². The van der Waals surface area contributed by atoms with E-state index in [0.717, 1.165) is 17.0 Å². The Kier molecular flexibility index (Phi) is 6.64. The van der Waals surface area contributed by atoms with Crippen LogP contribution < -0.4 is 5.73 Å². The van der Waals surface area contributed by atoms with Crippen LogP contribution in [0.25, 0.3) is 0 Å². The van der Waals surface area contributed by atoms with Crippen molar-refractivity contribution in [2.45, 2.75) is 13.0 Å². The van der Waals surface area contributed by atoms with E-state index in [0.29, 0.717) is 18.8 Å². The Morgan fingerprint density at radius 2 is 2.05 bits per heavy atom. The van der Waals surface area contributed by atoms with E-state index in [9.17, 15) is 4.79 Å². The molecule has 1 aromatic heterocycles. The molecule has 0 atom stereocenters. The Labute approximate surface area is 129 Å². The summed E-state index contributed by atoms with van der Waals surface area (Å²) in [6.45, 7) is 1.14. The first kappa shape index (κ1) is 16.6. The van der Waals surface area contributed by atoms with Crippen LogP contribution in [0, 0.1) is 0 Å². The summed E-state index contributed by atoms with van der Waals surface area (Å²) in [7, 11) is 1.79. The Balaban J connectivity index is 0.00000200. The predicted octanol–water partition coefficient (Wildman–Crippen LogP) is 2.34. The van der Waals surface area contributed by atoms with Crippen LogP contribution in [0.4, 0.5) is 0 Å². The third kappa shape index (κ3) is 4.30. The molecule has 2 N–H and O–H groups in total. The van der Waals surface area contributed by atoms with Crippen molar-refractivity contribution < 1.29 is 4.79 Å². The third-order valence-electron chi connectivity index (χ3n) is 2.74. The molecule has 0 aliphatic heterocycles. The van der Waals surface area contributed by atoms with Crippen molar-refractivity contribution in [3.63, 3.8) is 0 Å². The van der Waals surface area contributed by atoms with Gasteiger partial charge in [-0.2, -0.15) is 0 Å². The molecule has 0 saturated carbocycles. The highest BCUT2D eigenvalue weighted by molar-refractivity contribution is 7.09. The number of amides is 1. The summed E-state index contributed by atoms with van der Waals surface area (Å²) in [6.07, 6.45) is 0.723. The Morgan fingerprint density at radius 3 is 2.70 bits per heavy atom. The molecule has 0 spiro atoms. The molecule has 2 aromatic rings. The van der Waals surface area contributed by atoms with Gasteiger partial charge in [-0.25, -0.2) is 4.98 Å². The van der Waals surface area contributed by atoms with Crippen molar-refractivity contribution in [2.75, 3.05) is 13.6 Å². The van der Waals surface area contributed by atoms with Crippen LogP contribution in [0.1, 0.15) is 21.1 Å². The normalized spacial score (nSPS) is 9.90. The molecule has 20 heavy (non-hydrogen) atoms. The van der Waals surface area contributed by atoms with E-state index in [2.05, 4.69) is 4.98 Å². The molecule has 4 nitrogen and oxygen atoms in total. The number of hydrogen-bond donors (Lipinski definition) is 1. The fourth-order valence-corrected chi connectivity index (χ4v) is 2.56. The summed E-state index contributed by atoms with van der Waals surface area (Å²) in [5.41, 5.74) is 7.09. The van der Waals surface area contributed by atoms with E-state index in [1.54, 1.807) is 17.3 Å². The predicted molar refractivity (Wildman–Crippen MR) is 84.4 cm³/mol. The minimum absolute atomic E-state index is 0. The highest BCUT2D eigenvalue weighted by Crippen LogP contribution is 2.13. The van der Waals surface area contributed by atoms with Crippen LogP contribution in [-0.4, -0.2) is 29.4 Å². The Hall–Kier alpha value is -1.43. The van der Waals surface area contributed by atoms with Gasteiger partial charge in [0.15, 0.2) is 0 Å². The number of nitrogens with zero attached hydrogens (tertiary/aromatic N) is 2. The van der Waals surface area contributed by atoms with Gasteiger partial charge >= 0.3 is 0 Å². The number of nitrogens with two attached hydrogens (primary N) is 1. The number of hydrogen-bond acceptors (Lipinski definition) is 4. The van der Waals surface area contributed by atoms with Crippen LogP contribution in [-0.2, 0) is 13.0 Å². The first-order valence-corrected chi connectivity index (χ1v) is 7.02. The number of benzene rings is 1. The van der Waals surface area contributed by atoms with Crippen molar-refractivity contribution in [1.29, 1.82) is 0 Å². The monoisotopic (exact) mass is 311 g/mol. The molecule has 0 bridgehead atoms. The van der Waals surface area contributed by atoms with Gasteiger partial charge in [0.25, 0.3) is 5.91 Å². The number of carbonyl (C=O) groups is 1. The third-order valence-corrected chi connectivity index (χ3v) is 3.65. The fraction of sp³-hybridized carbons (Fsp3) is 0.286. The maximum Gasteiger partial charge on any atom is 0.273 e. The zero-order chi connectivity index (χ0) is 13.7. The van der Waals surface area contributed by atoms with Gasteiger partial charge in [0.1, 0.15) is 5.69 Å². The molecule has 1 aromatic carbocycles. The minimum Gasteiger partial charge on any atom is -0.336 e. The summed E-state index contributed by atoms with van der Waals surface area (Å²) in [6, 6.07) is 9.91. The second-order valence-corrected chi connectivity index (χ2v) is 5.25. The SMILES string of the molecule is CN(Cc1ccccc1)C(=O)c1csc(CCN)n1.Cl. The number of halogens is 1. The van der Waals surface area contributed by atoms with Crippen LogP contribution in [0.5, 0.6) is 0 Å². The highest BCUT2D eigenvalue weighted by atomic mass is 35.5. The topological polar surface area (TPSA) is 59.2 Å². The molecule has 2 rings (SSSR count). The van der Waals surface area contributed by atoms with Gasteiger partial charge in [-0.1, -0.05) is 30.3 Å². The molecule has 108 valence electrons. The second kappa shape index (κ2) is 7.99. The van der Waals surface area contributed by atoms with Gasteiger partial charge in [-0.05, 0) is 12.1 Å². The largest absolute Gasteiger partial charge is 0.336 e. The van der Waals surface area contributed by atoms with Crippen molar-refractivity contribution in [1.82, 2.24) is 9.88 Å². The summed E-state index contributed by atoms with van der Waals surface area (Å²) in [4.78, 5) is 18.2. The average molecular weight is 312 g/mol. The fourth-order valence-electron chi connectivity index (χ4n) is 1.77. The average Bonchev–Trinajstić information content (AvgIpc) is 2.88. The molecular weight excluding hydrogens is 294 g/mol. The lowest BCUT2D eigenvalue weighted by atomic mass is 10.2. The number of thiazole rings is 1.